The standard InChI is InChI=1S/C19H31FN4O.HI/c1-14(2)11-21-18(22-12-17(25)24(5)6)23-13-19(3,4)15-8-7-9-16(20)10-15;/h7-10,14H,11-13H2,1-6H3,(H2,21,22,23);1H. The number of nitrogens with zero attached hydrogens (tertiary/aromatic N) is 2. The molecule has 0 aliphatic rings. The molecule has 2 N–H and O–H groups in total. The van der Waals surface area contributed by atoms with Crippen LogP contribution in [-0.2, 0) is 10.2 Å². The van der Waals surface area contributed by atoms with E-state index in [-0.39, 0.29) is 47.7 Å². The van der Waals surface area contributed by atoms with Gasteiger partial charge in [0.1, 0.15) is 12.4 Å². The topological polar surface area (TPSA) is 56.7 Å². The van der Waals surface area contributed by atoms with Gasteiger partial charge in [-0.05, 0) is 23.6 Å². The maximum Gasteiger partial charge on any atom is 0.243 e. The van der Waals surface area contributed by atoms with Crippen LogP contribution in [0.5, 0.6) is 0 Å². The Morgan fingerprint density at radius 1 is 1.27 bits per heavy atom. The van der Waals surface area contributed by atoms with Crippen molar-refractivity contribution in [3.8, 4) is 0 Å². The van der Waals surface area contributed by atoms with Gasteiger partial charge in [0.25, 0.3) is 0 Å². The van der Waals surface area contributed by atoms with Crippen LogP contribution in [0.3, 0.4) is 0 Å². The molecule has 7 heteroatoms. The van der Waals surface area contributed by atoms with Gasteiger partial charge >= 0.3 is 0 Å². The smallest absolute Gasteiger partial charge is 0.243 e. The lowest BCUT2D eigenvalue weighted by Gasteiger charge is -2.27. The van der Waals surface area contributed by atoms with Crippen molar-refractivity contribution in [3.05, 3.63) is 35.6 Å². The van der Waals surface area contributed by atoms with E-state index in [0.29, 0.717) is 18.4 Å². The predicted octanol–water partition coefficient (Wildman–Crippen LogP) is 3.00. The van der Waals surface area contributed by atoms with Crippen LogP contribution in [0.4, 0.5) is 4.39 Å². The van der Waals surface area contributed by atoms with Crippen molar-refractivity contribution in [2.24, 2.45) is 10.9 Å². The fourth-order valence-corrected chi connectivity index (χ4v) is 2.08. The van der Waals surface area contributed by atoms with Crippen LogP contribution < -0.4 is 10.6 Å². The molecule has 1 amide bonds. The molecule has 0 saturated carbocycles. The number of guanidine groups is 1. The maximum absolute atomic E-state index is 13.5. The van der Waals surface area contributed by atoms with E-state index in [2.05, 4.69) is 29.5 Å². The number of likely N-dealkylation sites (N-methyl/N-ethyl adjacent to an activating group) is 1. The number of aliphatic imine (C=N–C) groups is 1. The summed E-state index contributed by atoms with van der Waals surface area (Å²) in [4.78, 5) is 17.6. The van der Waals surface area contributed by atoms with Crippen molar-refractivity contribution in [3.63, 3.8) is 0 Å². The Labute approximate surface area is 173 Å². The summed E-state index contributed by atoms with van der Waals surface area (Å²) in [6.07, 6.45) is 0. The van der Waals surface area contributed by atoms with E-state index in [1.54, 1.807) is 26.2 Å². The van der Waals surface area contributed by atoms with Gasteiger partial charge in [0, 0.05) is 32.6 Å². The SMILES string of the molecule is CC(C)CNC(=NCC(=O)N(C)C)NCC(C)(C)c1cccc(F)c1.I. The van der Waals surface area contributed by atoms with Gasteiger partial charge in [0.2, 0.25) is 5.91 Å². The number of nitrogens with one attached hydrogen (secondary N) is 2. The maximum atomic E-state index is 13.5. The molecular formula is C19H32FIN4O. The molecule has 1 aromatic carbocycles. The minimum absolute atomic E-state index is 0. The number of carbonyl (C=O) groups excluding carboxylic acids is 1. The van der Waals surface area contributed by atoms with Crippen LogP contribution in [0.1, 0.15) is 33.3 Å². The zero-order valence-electron chi connectivity index (χ0n) is 16.6. The molecule has 148 valence electrons. The second kappa shape index (κ2) is 11.4. The Balaban J connectivity index is 0.00000625. The summed E-state index contributed by atoms with van der Waals surface area (Å²) in [6, 6.07) is 6.62. The van der Waals surface area contributed by atoms with Crippen LogP contribution >= 0.6 is 24.0 Å². The highest BCUT2D eigenvalue weighted by Gasteiger charge is 2.21. The lowest BCUT2D eigenvalue weighted by atomic mass is 9.84. The highest BCUT2D eigenvalue weighted by molar-refractivity contribution is 14.0. The predicted molar refractivity (Wildman–Crippen MR) is 117 cm³/mol. The summed E-state index contributed by atoms with van der Waals surface area (Å²) in [5.41, 5.74) is 0.626. The first-order valence-electron chi connectivity index (χ1n) is 8.60. The average Bonchev–Trinajstić information content (AvgIpc) is 2.53. The molecule has 0 fully saturated rings. The molecule has 0 aliphatic heterocycles. The van der Waals surface area contributed by atoms with Crippen molar-refractivity contribution >= 4 is 35.8 Å². The Morgan fingerprint density at radius 2 is 1.92 bits per heavy atom. The van der Waals surface area contributed by atoms with E-state index in [9.17, 15) is 9.18 Å². The third-order valence-electron chi connectivity index (χ3n) is 3.85. The molecule has 0 spiro atoms. The summed E-state index contributed by atoms with van der Waals surface area (Å²) < 4.78 is 13.5. The molecule has 0 heterocycles. The molecule has 0 aliphatic carbocycles. The molecule has 26 heavy (non-hydrogen) atoms. The molecular weight excluding hydrogens is 446 g/mol. The quantitative estimate of drug-likeness (QED) is 0.360. The molecule has 1 rings (SSSR count). The highest BCUT2D eigenvalue weighted by Crippen LogP contribution is 2.22. The van der Waals surface area contributed by atoms with Gasteiger partial charge in [-0.2, -0.15) is 0 Å². The van der Waals surface area contributed by atoms with Crippen LogP contribution in [0.15, 0.2) is 29.3 Å². The van der Waals surface area contributed by atoms with E-state index in [1.165, 1.54) is 11.0 Å². The van der Waals surface area contributed by atoms with Crippen LogP contribution in [0, 0.1) is 11.7 Å². The van der Waals surface area contributed by atoms with Crippen LogP contribution in [0.2, 0.25) is 0 Å². The Bertz CT molecular complexity index is 603. The van der Waals surface area contributed by atoms with Gasteiger partial charge in [-0.15, -0.1) is 24.0 Å². The van der Waals surface area contributed by atoms with Crippen molar-refractivity contribution in [1.82, 2.24) is 15.5 Å². The zero-order valence-corrected chi connectivity index (χ0v) is 18.9. The minimum Gasteiger partial charge on any atom is -0.356 e. The molecule has 5 nitrogen and oxygen atoms in total. The van der Waals surface area contributed by atoms with Gasteiger partial charge in [-0.25, -0.2) is 9.38 Å². The van der Waals surface area contributed by atoms with E-state index < -0.39 is 0 Å². The first-order valence-corrected chi connectivity index (χ1v) is 8.60. The summed E-state index contributed by atoms with van der Waals surface area (Å²) in [7, 11) is 3.42. The lowest BCUT2D eigenvalue weighted by molar-refractivity contribution is -0.127. The Morgan fingerprint density at radius 3 is 2.46 bits per heavy atom. The number of carbonyl (C=O) groups is 1. The molecule has 0 unspecified atom stereocenters. The average molecular weight is 478 g/mol. The normalized spacial score (nSPS) is 11.8. The fourth-order valence-electron chi connectivity index (χ4n) is 2.08. The number of amides is 1. The third kappa shape index (κ3) is 8.82. The van der Waals surface area contributed by atoms with Crippen molar-refractivity contribution in [2.75, 3.05) is 33.7 Å². The third-order valence-corrected chi connectivity index (χ3v) is 3.85. The molecule has 0 atom stereocenters. The van der Waals surface area contributed by atoms with Gasteiger partial charge in [0.15, 0.2) is 5.96 Å². The number of hydrogen-bond donors (Lipinski definition) is 2. The summed E-state index contributed by atoms with van der Waals surface area (Å²) >= 11 is 0. The first kappa shape index (κ1) is 24.6. The van der Waals surface area contributed by atoms with Crippen molar-refractivity contribution < 1.29 is 9.18 Å². The van der Waals surface area contributed by atoms with Crippen molar-refractivity contribution in [1.29, 1.82) is 0 Å². The second-order valence-corrected chi connectivity index (χ2v) is 7.48. The fraction of sp³-hybridized carbons (Fsp3) is 0.579. The van der Waals surface area contributed by atoms with Gasteiger partial charge in [0.05, 0.1) is 0 Å². The monoisotopic (exact) mass is 478 g/mol. The van der Waals surface area contributed by atoms with Crippen LogP contribution in [0.25, 0.3) is 0 Å². The summed E-state index contributed by atoms with van der Waals surface area (Å²) in [5, 5.41) is 6.52. The first-order chi connectivity index (χ1) is 11.6. The Kier molecular flexibility index (Phi) is 10.8. The molecule has 0 bridgehead atoms. The summed E-state index contributed by atoms with van der Waals surface area (Å²) in [5.74, 6) is 0.741. The highest BCUT2D eigenvalue weighted by atomic mass is 127. The second-order valence-electron chi connectivity index (χ2n) is 7.48. The van der Waals surface area contributed by atoms with E-state index in [4.69, 9.17) is 0 Å². The number of hydrogen-bond acceptors (Lipinski definition) is 2. The lowest BCUT2D eigenvalue weighted by Crippen LogP contribution is -2.45. The van der Waals surface area contributed by atoms with E-state index in [1.807, 2.05) is 19.9 Å². The number of halogens is 2. The largest absolute Gasteiger partial charge is 0.356 e. The minimum atomic E-state index is -0.284. The number of benzene rings is 1. The zero-order chi connectivity index (χ0) is 19.0. The molecule has 0 aromatic heterocycles. The molecule has 0 saturated heterocycles. The number of rotatable bonds is 7. The van der Waals surface area contributed by atoms with Crippen LogP contribution in [-0.4, -0.2) is 50.5 Å². The molecule has 0 radical (unpaired) electrons. The van der Waals surface area contributed by atoms with Gasteiger partial charge in [-0.1, -0.05) is 39.8 Å². The van der Waals surface area contributed by atoms with E-state index >= 15 is 0 Å². The molecule has 1 aromatic rings. The van der Waals surface area contributed by atoms with Crippen molar-refractivity contribution in [2.45, 2.75) is 33.1 Å². The Hall–Kier alpha value is -1.38. The summed E-state index contributed by atoms with van der Waals surface area (Å²) in [6.45, 7) is 9.69. The van der Waals surface area contributed by atoms with Gasteiger partial charge in [-0.3, -0.25) is 4.79 Å². The van der Waals surface area contributed by atoms with E-state index in [0.717, 1.165) is 12.1 Å². The van der Waals surface area contributed by atoms with Gasteiger partial charge < -0.3 is 15.5 Å².